The van der Waals surface area contributed by atoms with Crippen LogP contribution in [0.3, 0.4) is 0 Å². The number of ether oxygens (including phenoxy) is 2. The second-order valence-corrected chi connectivity index (χ2v) is 9.69. The van der Waals surface area contributed by atoms with Crippen LogP contribution in [0, 0.1) is 20.8 Å². The van der Waals surface area contributed by atoms with Crippen molar-refractivity contribution in [3.63, 3.8) is 0 Å². The highest BCUT2D eigenvalue weighted by atomic mass is 32.1. The summed E-state index contributed by atoms with van der Waals surface area (Å²) in [5.41, 5.74) is 10.1. The van der Waals surface area contributed by atoms with Crippen molar-refractivity contribution in [1.29, 1.82) is 0 Å². The predicted molar refractivity (Wildman–Crippen MR) is 143 cm³/mol. The summed E-state index contributed by atoms with van der Waals surface area (Å²) in [4.78, 5) is 0. The summed E-state index contributed by atoms with van der Waals surface area (Å²) >= 11 is 5.51. The molecule has 0 saturated carbocycles. The van der Waals surface area contributed by atoms with Gasteiger partial charge >= 0.3 is 0 Å². The maximum atomic E-state index is 6.21. The quantitative estimate of drug-likeness (QED) is 0.330. The number of nitrogens with zero attached hydrogens (tertiary/aromatic N) is 1. The van der Waals surface area contributed by atoms with E-state index in [1.165, 1.54) is 11.1 Å². The minimum atomic E-state index is -0.376. The Labute approximate surface area is 207 Å². The molecule has 0 saturated heterocycles. The summed E-state index contributed by atoms with van der Waals surface area (Å²) in [6, 6.07) is 20.2. The standard InChI is InChI=1S/C28H31N3O2S/c1-18-10-8-12-24(20(18)3)29-27(34)31-30-25-16-28(4,5)33-26-14-13-22(15-23(25)26)32-17-21-11-7-6-9-19(21)2/h6-15H,16-17H2,1-5H3,(H2,29,31,34). The lowest BCUT2D eigenvalue weighted by atomic mass is 9.92. The van der Waals surface area contributed by atoms with E-state index >= 15 is 0 Å². The average molecular weight is 474 g/mol. The van der Waals surface area contributed by atoms with Crippen molar-refractivity contribution in [2.75, 3.05) is 5.32 Å². The second-order valence-electron chi connectivity index (χ2n) is 9.28. The van der Waals surface area contributed by atoms with Crippen LogP contribution < -0.4 is 20.2 Å². The first-order valence-corrected chi connectivity index (χ1v) is 11.8. The molecule has 34 heavy (non-hydrogen) atoms. The van der Waals surface area contributed by atoms with Gasteiger partial charge < -0.3 is 14.8 Å². The van der Waals surface area contributed by atoms with Crippen molar-refractivity contribution < 1.29 is 9.47 Å². The lowest BCUT2D eigenvalue weighted by Crippen LogP contribution is -2.37. The maximum Gasteiger partial charge on any atom is 0.191 e. The molecule has 5 nitrogen and oxygen atoms in total. The number of nitrogens with one attached hydrogen (secondary N) is 2. The molecule has 0 aromatic heterocycles. The lowest BCUT2D eigenvalue weighted by molar-refractivity contribution is 0.111. The van der Waals surface area contributed by atoms with E-state index in [4.69, 9.17) is 21.7 Å². The number of aryl methyl sites for hydroxylation is 2. The Bertz CT molecular complexity index is 1250. The average Bonchev–Trinajstić information content (AvgIpc) is 2.79. The van der Waals surface area contributed by atoms with Crippen LogP contribution in [-0.4, -0.2) is 16.4 Å². The van der Waals surface area contributed by atoms with Gasteiger partial charge in [0.25, 0.3) is 0 Å². The molecule has 0 amide bonds. The number of benzene rings is 3. The summed E-state index contributed by atoms with van der Waals surface area (Å²) < 4.78 is 12.3. The van der Waals surface area contributed by atoms with E-state index in [-0.39, 0.29) is 5.60 Å². The summed E-state index contributed by atoms with van der Waals surface area (Å²) in [7, 11) is 0. The molecule has 3 aromatic carbocycles. The number of thiocarbonyl (C=S) groups is 1. The van der Waals surface area contributed by atoms with Gasteiger partial charge in [0.05, 0.1) is 5.71 Å². The van der Waals surface area contributed by atoms with E-state index in [9.17, 15) is 0 Å². The van der Waals surface area contributed by atoms with Gasteiger partial charge in [-0.15, -0.1) is 0 Å². The highest BCUT2D eigenvalue weighted by Gasteiger charge is 2.31. The zero-order chi connectivity index (χ0) is 24.3. The van der Waals surface area contributed by atoms with Crippen molar-refractivity contribution in [2.24, 2.45) is 5.10 Å². The van der Waals surface area contributed by atoms with Crippen LogP contribution in [0.1, 0.15) is 48.1 Å². The van der Waals surface area contributed by atoms with E-state index < -0.39 is 0 Å². The van der Waals surface area contributed by atoms with Crippen LogP contribution in [0.4, 0.5) is 5.69 Å². The summed E-state index contributed by atoms with van der Waals surface area (Å²) in [6.45, 7) is 10.9. The van der Waals surface area contributed by atoms with Crippen molar-refractivity contribution in [3.05, 3.63) is 88.5 Å². The Hall–Kier alpha value is -3.38. The molecular weight excluding hydrogens is 442 g/mol. The normalized spacial score (nSPS) is 15.3. The van der Waals surface area contributed by atoms with Crippen LogP contribution in [0.5, 0.6) is 11.5 Å². The SMILES string of the molecule is Cc1ccccc1COc1ccc2c(c1)C(=NNC(=S)Nc1cccc(C)c1C)CC(C)(C)O2. The minimum Gasteiger partial charge on any atom is -0.489 e. The fraction of sp³-hybridized carbons (Fsp3) is 0.286. The number of hydrogen-bond acceptors (Lipinski definition) is 4. The number of rotatable bonds is 5. The Kier molecular flexibility index (Phi) is 6.89. The minimum absolute atomic E-state index is 0.376. The van der Waals surface area contributed by atoms with Crippen LogP contribution >= 0.6 is 12.2 Å². The molecular formula is C28H31N3O2S. The first-order valence-electron chi connectivity index (χ1n) is 11.4. The molecule has 0 bridgehead atoms. The van der Waals surface area contributed by atoms with Gasteiger partial charge in [0.15, 0.2) is 5.11 Å². The second kappa shape index (κ2) is 9.85. The van der Waals surface area contributed by atoms with Gasteiger partial charge in [-0.2, -0.15) is 5.10 Å². The topological polar surface area (TPSA) is 54.9 Å². The van der Waals surface area contributed by atoms with Gasteiger partial charge in [0.2, 0.25) is 0 Å². The molecule has 0 aliphatic carbocycles. The van der Waals surface area contributed by atoms with Crippen molar-refractivity contribution in [1.82, 2.24) is 5.43 Å². The molecule has 3 aromatic rings. The monoisotopic (exact) mass is 473 g/mol. The number of anilines is 1. The van der Waals surface area contributed by atoms with Crippen molar-refractivity contribution >= 4 is 28.7 Å². The highest BCUT2D eigenvalue weighted by molar-refractivity contribution is 7.80. The largest absolute Gasteiger partial charge is 0.489 e. The Morgan fingerprint density at radius 2 is 1.79 bits per heavy atom. The van der Waals surface area contributed by atoms with Gasteiger partial charge in [-0.3, -0.25) is 5.43 Å². The number of hydrogen-bond donors (Lipinski definition) is 2. The third-order valence-electron chi connectivity index (χ3n) is 6.04. The molecule has 0 atom stereocenters. The zero-order valence-electron chi connectivity index (χ0n) is 20.4. The Balaban J connectivity index is 1.53. The zero-order valence-corrected chi connectivity index (χ0v) is 21.2. The van der Waals surface area contributed by atoms with Crippen molar-refractivity contribution in [3.8, 4) is 11.5 Å². The summed E-state index contributed by atoms with van der Waals surface area (Å²) in [5, 5.41) is 8.36. The van der Waals surface area contributed by atoms with Crippen LogP contribution in [0.25, 0.3) is 0 Å². The lowest BCUT2D eigenvalue weighted by Gasteiger charge is -2.33. The Morgan fingerprint density at radius 1 is 1.03 bits per heavy atom. The highest BCUT2D eigenvalue weighted by Crippen LogP contribution is 2.35. The van der Waals surface area contributed by atoms with Crippen LogP contribution in [-0.2, 0) is 6.61 Å². The summed E-state index contributed by atoms with van der Waals surface area (Å²) in [6.07, 6.45) is 0.639. The molecule has 1 heterocycles. The molecule has 0 unspecified atom stereocenters. The van der Waals surface area contributed by atoms with E-state index in [2.05, 4.69) is 68.7 Å². The molecule has 2 N–H and O–H groups in total. The Morgan fingerprint density at radius 3 is 2.59 bits per heavy atom. The van der Waals surface area contributed by atoms with Gasteiger partial charge in [-0.1, -0.05) is 36.4 Å². The van der Waals surface area contributed by atoms with Crippen molar-refractivity contribution in [2.45, 2.75) is 53.2 Å². The number of hydrazone groups is 1. The molecule has 0 radical (unpaired) electrons. The molecule has 1 aliphatic rings. The van der Waals surface area contributed by atoms with Crippen LogP contribution in [0.15, 0.2) is 65.8 Å². The smallest absolute Gasteiger partial charge is 0.191 e. The van der Waals surface area contributed by atoms with Crippen LogP contribution in [0.2, 0.25) is 0 Å². The van der Waals surface area contributed by atoms with Gasteiger partial charge in [-0.25, -0.2) is 0 Å². The molecule has 4 rings (SSSR count). The molecule has 0 spiro atoms. The van der Waals surface area contributed by atoms with E-state index in [1.807, 2.05) is 42.5 Å². The molecule has 0 fully saturated rings. The maximum absolute atomic E-state index is 6.21. The number of fused-ring (bicyclic) bond motifs is 1. The fourth-order valence-electron chi connectivity index (χ4n) is 3.93. The van der Waals surface area contributed by atoms with E-state index in [0.29, 0.717) is 18.1 Å². The third-order valence-corrected chi connectivity index (χ3v) is 6.24. The molecule has 176 valence electrons. The molecule has 6 heteroatoms. The van der Waals surface area contributed by atoms with Gasteiger partial charge in [-0.05, 0) is 93.4 Å². The summed E-state index contributed by atoms with van der Waals surface area (Å²) in [5.74, 6) is 1.56. The fourth-order valence-corrected chi connectivity index (χ4v) is 4.09. The van der Waals surface area contributed by atoms with Gasteiger partial charge in [0.1, 0.15) is 23.7 Å². The van der Waals surface area contributed by atoms with Gasteiger partial charge in [0, 0.05) is 17.7 Å². The first-order chi connectivity index (χ1) is 16.2. The third kappa shape index (κ3) is 5.57. The van der Waals surface area contributed by atoms with E-state index in [1.54, 1.807) is 0 Å². The van der Waals surface area contributed by atoms with E-state index in [0.717, 1.165) is 39.6 Å². The molecule has 1 aliphatic heterocycles. The predicted octanol–water partition coefficient (Wildman–Crippen LogP) is 6.44. The first kappa shape index (κ1) is 23.8.